The number of hydrogen-bond acceptors (Lipinski definition) is 2. The Morgan fingerprint density at radius 2 is 1.54 bits per heavy atom. The fourth-order valence-electron chi connectivity index (χ4n) is 3.01. The van der Waals surface area contributed by atoms with Crippen molar-refractivity contribution in [2.75, 3.05) is 13.1 Å². The molecule has 1 unspecified atom stereocenters. The van der Waals surface area contributed by atoms with Crippen LogP contribution in [-0.2, 0) is 4.79 Å². The zero-order valence-corrected chi connectivity index (χ0v) is 13.3. The number of hydrogen-bond donors (Lipinski definition) is 2. The maximum atomic E-state index is 13.2. The lowest BCUT2D eigenvalue weighted by atomic mass is 9.95. The number of halogens is 2. The molecule has 1 aliphatic heterocycles. The molecule has 0 spiro atoms. The molecule has 2 aromatic rings. The quantitative estimate of drug-likeness (QED) is 0.904. The molecule has 24 heavy (non-hydrogen) atoms. The van der Waals surface area contributed by atoms with E-state index in [1.165, 1.54) is 24.3 Å². The molecule has 2 aromatic carbocycles. The second-order valence-electron chi connectivity index (χ2n) is 6.09. The molecule has 0 radical (unpaired) electrons. The fraction of sp³-hybridized carbons (Fsp3) is 0.316. The first-order valence-corrected chi connectivity index (χ1v) is 8.15. The van der Waals surface area contributed by atoms with Crippen molar-refractivity contribution < 1.29 is 13.6 Å². The SMILES string of the molecule is O=C(NC(c1ccc(F)cc1)c1ccc(F)cc1)C1CCCNC1. The largest absolute Gasteiger partial charge is 0.345 e. The lowest BCUT2D eigenvalue weighted by molar-refractivity contribution is -0.126. The van der Waals surface area contributed by atoms with E-state index >= 15 is 0 Å². The summed E-state index contributed by atoms with van der Waals surface area (Å²) in [6.45, 7) is 1.59. The molecule has 1 fully saturated rings. The van der Waals surface area contributed by atoms with Gasteiger partial charge >= 0.3 is 0 Å². The third-order valence-corrected chi connectivity index (χ3v) is 4.36. The van der Waals surface area contributed by atoms with Gasteiger partial charge < -0.3 is 10.6 Å². The Bertz CT molecular complexity index is 634. The summed E-state index contributed by atoms with van der Waals surface area (Å²) >= 11 is 0. The van der Waals surface area contributed by atoms with Gasteiger partial charge in [-0.2, -0.15) is 0 Å². The van der Waals surface area contributed by atoms with Gasteiger partial charge in [0.25, 0.3) is 0 Å². The minimum absolute atomic E-state index is 0.0409. The highest BCUT2D eigenvalue weighted by molar-refractivity contribution is 5.80. The Labute approximate surface area is 140 Å². The van der Waals surface area contributed by atoms with Crippen LogP contribution in [0.4, 0.5) is 8.78 Å². The molecule has 126 valence electrons. The van der Waals surface area contributed by atoms with Crippen LogP contribution in [0.2, 0.25) is 0 Å². The van der Waals surface area contributed by atoms with E-state index in [-0.39, 0.29) is 23.5 Å². The first-order chi connectivity index (χ1) is 11.6. The van der Waals surface area contributed by atoms with Gasteiger partial charge in [0.2, 0.25) is 5.91 Å². The van der Waals surface area contributed by atoms with Crippen molar-refractivity contribution in [3.63, 3.8) is 0 Å². The van der Waals surface area contributed by atoms with Crippen molar-refractivity contribution in [3.8, 4) is 0 Å². The smallest absolute Gasteiger partial charge is 0.225 e. The van der Waals surface area contributed by atoms with Gasteiger partial charge in [-0.15, -0.1) is 0 Å². The molecule has 1 aliphatic rings. The molecule has 3 nitrogen and oxygen atoms in total. The minimum atomic E-state index is -0.430. The van der Waals surface area contributed by atoms with Gasteiger partial charge in [0.05, 0.1) is 12.0 Å². The summed E-state index contributed by atoms with van der Waals surface area (Å²) in [7, 11) is 0. The van der Waals surface area contributed by atoms with Crippen molar-refractivity contribution in [1.82, 2.24) is 10.6 Å². The van der Waals surface area contributed by atoms with E-state index in [9.17, 15) is 13.6 Å². The second kappa shape index (κ2) is 7.53. The van der Waals surface area contributed by atoms with Crippen molar-refractivity contribution in [1.29, 1.82) is 0 Å². The van der Waals surface area contributed by atoms with Gasteiger partial charge in [-0.1, -0.05) is 24.3 Å². The Balaban J connectivity index is 1.85. The Hall–Kier alpha value is -2.27. The van der Waals surface area contributed by atoms with E-state index in [4.69, 9.17) is 0 Å². The van der Waals surface area contributed by atoms with Crippen LogP contribution in [0.1, 0.15) is 30.0 Å². The van der Waals surface area contributed by atoms with Crippen molar-refractivity contribution >= 4 is 5.91 Å². The van der Waals surface area contributed by atoms with E-state index in [1.807, 2.05) is 0 Å². The highest BCUT2D eigenvalue weighted by atomic mass is 19.1. The van der Waals surface area contributed by atoms with E-state index in [0.717, 1.165) is 30.5 Å². The van der Waals surface area contributed by atoms with Crippen LogP contribution < -0.4 is 10.6 Å². The number of nitrogens with one attached hydrogen (secondary N) is 2. The molecule has 1 amide bonds. The predicted molar refractivity (Wildman–Crippen MR) is 88.4 cm³/mol. The number of benzene rings is 2. The third kappa shape index (κ3) is 3.97. The Kier molecular flexibility index (Phi) is 5.20. The molecule has 1 atom stereocenters. The maximum Gasteiger partial charge on any atom is 0.225 e. The van der Waals surface area contributed by atoms with Gasteiger partial charge in [-0.25, -0.2) is 8.78 Å². The van der Waals surface area contributed by atoms with E-state index < -0.39 is 6.04 Å². The Morgan fingerprint density at radius 3 is 2.00 bits per heavy atom. The highest BCUT2D eigenvalue weighted by Crippen LogP contribution is 2.24. The Morgan fingerprint density at radius 1 is 1.00 bits per heavy atom. The molecule has 0 aliphatic carbocycles. The third-order valence-electron chi connectivity index (χ3n) is 4.36. The van der Waals surface area contributed by atoms with Gasteiger partial charge in [-0.3, -0.25) is 4.79 Å². The van der Waals surface area contributed by atoms with Crippen molar-refractivity contribution in [3.05, 3.63) is 71.3 Å². The zero-order valence-electron chi connectivity index (χ0n) is 13.3. The summed E-state index contributed by atoms with van der Waals surface area (Å²) in [6, 6.07) is 11.6. The predicted octanol–water partition coefficient (Wildman–Crippen LogP) is 3.17. The molecule has 1 heterocycles. The van der Waals surface area contributed by atoms with E-state index in [0.29, 0.717) is 6.54 Å². The number of carbonyl (C=O) groups excluding carboxylic acids is 1. The summed E-state index contributed by atoms with van der Waals surface area (Å²) in [4.78, 5) is 12.6. The van der Waals surface area contributed by atoms with Crippen LogP contribution in [0.25, 0.3) is 0 Å². The molecule has 0 aromatic heterocycles. The maximum absolute atomic E-state index is 13.2. The molecule has 5 heteroatoms. The molecule has 2 N–H and O–H groups in total. The number of amides is 1. The normalized spacial score (nSPS) is 17.7. The van der Waals surface area contributed by atoms with Crippen LogP contribution >= 0.6 is 0 Å². The van der Waals surface area contributed by atoms with Crippen LogP contribution in [0.3, 0.4) is 0 Å². The summed E-state index contributed by atoms with van der Waals surface area (Å²) in [5, 5.41) is 6.26. The standard InChI is InChI=1S/C19H20F2N2O/c20-16-7-3-13(4-8-16)18(14-5-9-17(21)10-6-14)23-19(24)15-2-1-11-22-12-15/h3-10,15,18,22H,1-2,11-12H2,(H,23,24). The monoisotopic (exact) mass is 330 g/mol. The average molecular weight is 330 g/mol. The minimum Gasteiger partial charge on any atom is -0.345 e. The van der Waals surface area contributed by atoms with Crippen molar-refractivity contribution in [2.45, 2.75) is 18.9 Å². The van der Waals surface area contributed by atoms with E-state index in [2.05, 4.69) is 10.6 Å². The van der Waals surface area contributed by atoms with Gasteiger partial charge in [0.1, 0.15) is 11.6 Å². The average Bonchev–Trinajstić information content (AvgIpc) is 2.62. The van der Waals surface area contributed by atoms with E-state index in [1.54, 1.807) is 24.3 Å². The molecule has 3 rings (SSSR count). The lowest BCUT2D eigenvalue weighted by Crippen LogP contribution is -2.42. The summed E-state index contributed by atoms with van der Waals surface area (Å²) in [5.41, 5.74) is 1.53. The van der Waals surface area contributed by atoms with Crippen LogP contribution in [0, 0.1) is 17.6 Å². The molecule has 1 saturated heterocycles. The van der Waals surface area contributed by atoms with Gasteiger partial charge in [0.15, 0.2) is 0 Å². The van der Waals surface area contributed by atoms with Gasteiger partial charge in [-0.05, 0) is 54.8 Å². The number of rotatable bonds is 4. The fourth-order valence-corrected chi connectivity index (χ4v) is 3.01. The topological polar surface area (TPSA) is 41.1 Å². The van der Waals surface area contributed by atoms with Crippen molar-refractivity contribution in [2.24, 2.45) is 5.92 Å². The molecular weight excluding hydrogens is 310 g/mol. The first-order valence-electron chi connectivity index (χ1n) is 8.15. The molecule has 0 bridgehead atoms. The summed E-state index contributed by atoms with van der Waals surface area (Å²) in [6.07, 6.45) is 1.81. The van der Waals surface area contributed by atoms with Crippen LogP contribution in [-0.4, -0.2) is 19.0 Å². The highest BCUT2D eigenvalue weighted by Gasteiger charge is 2.24. The van der Waals surface area contributed by atoms with Crippen LogP contribution in [0.5, 0.6) is 0 Å². The summed E-state index contributed by atoms with van der Waals surface area (Å²) < 4.78 is 26.4. The zero-order chi connectivity index (χ0) is 16.9. The second-order valence-corrected chi connectivity index (χ2v) is 6.09. The van der Waals surface area contributed by atoms with Gasteiger partial charge in [0, 0.05) is 6.54 Å². The first kappa shape index (κ1) is 16.6. The van der Waals surface area contributed by atoms with Crippen LogP contribution in [0.15, 0.2) is 48.5 Å². The number of carbonyl (C=O) groups is 1. The molecule has 0 saturated carbocycles. The summed E-state index contributed by atoms with van der Waals surface area (Å²) in [5.74, 6) is -0.790. The lowest BCUT2D eigenvalue weighted by Gasteiger charge is -2.26. The number of piperidine rings is 1. The molecular formula is C19H20F2N2O.